The molecule has 0 aliphatic carbocycles. The smallest absolute Gasteiger partial charge is 0.145 e. The van der Waals surface area contributed by atoms with Crippen LogP contribution in [0.5, 0.6) is 0 Å². The van der Waals surface area contributed by atoms with Crippen molar-refractivity contribution in [2.24, 2.45) is 0 Å². The quantitative estimate of drug-likeness (QED) is 0.471. The molecule has 0 bridgehead atoms. The lowest BCUT2D eigenvalue weighted by Crippen LogP contribution is -1.58. The molecule has 0 spiro atoms. The van der Waals surface area contributed by atoms with Gasteiger partial charge >= 0.3 is 0 Å². The van der Waals surface area contributed by atoms with Crippen LogP contribution in [0.15, 0.2) is 33.7 Å². The van der Waals surface area contributed by atoms with E-state index in [1.54, 1.807) is 18.2 Å². The van der Waals surface area contributed by atoms with Gasteiger partial charge in [-0.3, -0.25) is 4.58 Å². The first-order chi connectivity index (χ1) is 4.00. The Morgan fingerprint density at radius 1 is 1.38 bits per heavy atom. The molecule has 0 saturated heterocycles. The van der Waals surface area contributed by atoms with Crippen molar-refractivity contribution in [3.8, 4) is 0 Å². The summed E-state index contributed by atoms with van der Waals surface area (Å²) in [5, 5.41) is 3.22. The third-order valence-electron chi connectivity index (χ3n) is 0.549. The van der Waals surface area contributed by atoms with Crippen LogP contribution in [0.25, 0.3) is 0 Å². The highest BCUT2D eigenvalue weighted by molar-refractivity contribution is 4.80. The zero-order valence-corrected chi connectivity index (χ0v) is 4.07. The van der Waals surface area contributed by atoms with Crippen molar-refractivity contribution in [2.45, 2.75) is 0 Å². The molecule has 0 N–H and O–H groups in total. The molecule has 1 aromatic heterocycles. The topological polar surface area (TPSA) is 39.2 Å². The van der Waals surface area contributed by atoms with E-state index in [4.69, 9.17) is 0 Å². The SMILES string of the molecule is [c]1ccccoon1. The van der Waals surface area contributed by atoms with Crippen LogP contribution < -0.4 is 0 Å². The molecule has 0 aromatic carbocycles. The number of hydrogen-bond donors (Lipinski definition) is 0. The maximum absolute atomic E-state index is 4.31. The molecule has 0 atom stereocenters. The molecule has 0 unspecified atom stereocenters. The van der Waals surface area contributed by atoms with Crippen molar-refractivity contribution in [2.75, 3.05) is 0 Å². The average molecular weight is 110 g/mol. The van der Waals surface area contributed by atoms with E-state index < -0.39 is 0 Å². The van der Waals surface area contributed by atoms with Gasteiger partial charge in [0.1, 0.15) is 12.5 Å². The van der Waals surface area contributed by atoms with Crippen LogP contribution in [0.2, 0.25) is 0 Å². The molecule has 0 aliphatic rings. The van der Waals surface area contributed by atoms with Crippen molar-refractivity contribution in [3.05, 3.63) is 30.7 Å². The number of hydrogen-bond acceptors (Lipinski definition) is 3. The second kappa shape index (κ2) is 2.85. The second-order valence-corrected chi connectivity index (χ2v) is 1.08. The lowest BCUT2D eigenvalue weighted by molar-refractivity contribution is -0.0115. The van der Waals surface area contributed by atoms with E-state index in [-0.39, 0.29) is 0 Å². The molecular formula is C5H4NO2. The number of nitrogens with zero attached hydrogens (tertiary/aromatic N) is 1. The fourth-order valence-corrected chi connectivity index (χ4v) is 0.274. The molecule has 0 saturated carbocycles. The second-order valence-electron chi connectivity index (χ2n) is 1.08. The summed E-state index contributed by atoms with van der Waals surface area (Å²) in [5.41, 5.74) is 0. The monoisotopic (exact) mass is 110 g/mol. The Bertz CT molecular complexity index is 115. The van der Waals surface area contributed by atoms with Gasteiger partial charge in [-0.25, -0.2) is 0 Å². The van der Waals surface area contributed by atoms with Crippen molar-refractivity contribution in [3.63, 3.8) is 0 Å². The Morgan fingerprint density at radius 2 is 2.38 bits per heavy atom. The minimum Gasteiger partial charge on any atom is -0.275 e. The van der Waals surface area contributed by atoms with Crippen molar-refractivity contribution < 1.29 is 9.26 Å². The molecule has 0 aliphatic heterocycles. The van der Waals surface area contributed by atoms with Gasteiger partial charge in [-0.1, -0.05) is 6.07 Å². The molecule has 0 fully saturated rings. The molecular weight excluding hydrogens is 106 g/mol. The summed E-state index contributed by atoms with van der Waals surface area (Å²) >= 11 is 0. The van der Waals surface area contributed by atoms with Crippen LogP contribution in [0.1, 0.15) is 0 Å². The van der Waals surface area contributed by atoms with Crippen LogP contribution >= 0.6 is 0 Å². The first-order valence-electron chi connectivity index (χ1n) is 2.10. The largest absolute Gasteiger partial charge is 0.275 e. The molecule has 1 heterocycles. The van der Waals surface area contributed by atoms with Crippen LogP contribution in [-0.2, 0) is 0 Å². The van der Waals surface area contributed by atoms with Gasteiger partial charge in [0.25, 0.3) is 0 Å². The van der Waals surface area contributed by atoms with Gasteiger partial charge < -0.3 is 0 Å². The summed E-state index contributed by atoms with van der Waals surface area (Å²) < 4.78 is 8.46. The van der Waals surface area contributed by atoms with Gasteiger partial charge in [0.2, 0.25) is 0 Å². The summed E-state index contributed by atoms with van der Waals surface area (Å²) in [7, 11) is 0. The third-order valence-corrected chi connectivity index (χ3v) is 0.549. The van der Waals surface area contributed by atoms with Gasteiger partial charge in [-0.05, 0) is 17.3 Å². The van der Waals surface area contributed by atoms with Gasteiger partial charge in [0, 0.05) is 0 Å². The summed E-state index contributed by atoms with van der Waals surface area (Å²) in [6.45, 7) is 0. The fourth-order valence-electron chi connectivity index (χ4n) is 0.274. The first-order valence-corrected chi connectivity index (χ1v) is 2.10. The predicted octanol–water partition coefficient (Wildman–Crippen LogP) is 1.19. The lowest BCUT2D eigenvalue weighted by atomic mass is 10.6. The fraction of sp³-hybridized carbons (Fsp3) is 0. The standard InChI is InChI=1S/C5H4NO2/c1-2-4-6-8-7-5-3-1/h1-3,5H. The number of aromatic nitrogens is 1. The maximum atomic E-state index is 4.31. The third kappa shape index (κ3) is 1.47. The zero-order valence-electron chi connectivity index (χ0n) is 4.07. The van der Waals surface area contributed by atoms with E-state index in [1.807, 2.05) is 0 Å². The summed E-state index contributed by atoms with van der Waals surface area (Å²) in [6.07, 6.45) is 3.81. The highest BCUT2D eigenvalue weighted by atomic mass is 17.0. The van der Waals surface area contributed by atoms with Gasteiger partial charge in [-0.15, -0.1) is 0 Å². The minimum absolute atomic E-state index is 1.38. The van der Waals surface area contributed by atoms with E-state index in [2.05, 4.69) is 20.6 Å². The average Bonchev–Trinajstić information content (AvgIpc) is 1.62. The van der Waals surface area contributed by atoms with Gasteiger partial charge in [-0.2, -0.15) is 4.68 Å². The molecule has 3 heteroatoms. The van der Waals surface area contributed by atoms with E-state index in [9.17, 15) is 0 Å². The predicted molar refractivity (Wildman–Crippen MR) is 25.2 cm³/mol. The highest BCUT2D eigenvalue weighted by Crippen LogP contribution is 1.75. The molecule has 8 heavy (non-hydrogen) atoms. The maximum Gasteiger partial charge on any atom is 0.145 e. The Morgan fingerprint density at radius 3 is 3.38 bits per heavy atom. The Hall–Kier alpha value is -1.25. The van der Waals surface area contributed by atoms with Crippen molar-refractivity contribution in [1.29, 1.82) is 0 Å². The summed E-state index contributed by atoms with van der Waals surface area (Å²) in [4.78, 5) is 0. The first kappa shape index (κ1) is 4.90. The summed E-state index contributed by atoms with van der Waals surface area (Å²) in [6, 6.07) is 5.01. The van der Waals surface area contributed by atoms with Crippen LogP contribution in [0.3, 0.4) is 0 Å². The van der Waals surface area contributed by atoms with Crippen LogP contribution in [0, 0.1) is 6.20 Å². The molecule has 3 nitrogen and oxygen atoms in total. The zero-order chi connectivity index (χ0) is 5.66. The van der Waals surface area contributed by atoms with E-state index in [1.165, 1.54) is 6.26 Å². The molecule has 1 radical (unpaired) electrons. The van der Waals surface area contributed by atoms with E-state index >= 15 is 0 Å². The normalized spacial score (nSPS) is 8.00. The van der Waals surface area contributed by atoms with E-state index in [0.29, 0.717) is 0 Å². The van der Waals surface area contributed by atoms with Crippen LogP contribution in [-0.4, -0.2) is 5.16 Å². The Labute approximate surface area is 46.2 Å². The lowest BCUT2D eigenvalue weighted by Gasteiger charge is -1.69. The van der Waals surface area contributed by atoms with Gasteiger partial charge in [0.05, 0.1) is 0 Å². The Balaban J connectivity index is 3.00. The number of rotatable bonds is 0. The molecule has 0 amide bonds. The minimum atomic E-state index is 1.38. The van der Waals surface area contributed by atoms with Crippen LogP contribution in [0.4, 0.5) is 0 Å². The molecule has 41 valence electrons. The van der Waals surface area contributed by atoms with Crippen molar-refractivity contribution in [1.82, 2.24) is 5.16 Å². The van der Waals surface area contributed by atoms with Crippen molar-refractivity contribution >= 4 is 0 Å². The Kier molecular flexibility index (Phi) is 1.74. The highest BCUT2D eigenvalue weighted by Gasteiger charge is 1.61. The van der Waals surface area contributed by atoms with E-state index in [0.717, 1.165) is 0 Å². The molecule has 1 aromatic rings. The summed E-state index contributed by atoms with van der Waals surface area (Å²) in [5.74, 6) is 0. The molecule has 1 rings (SSSR count). The van der Waals surface area contributed by atoms with Gasteiger partial charge in [0.15, 0.2) is 0 Å².